The van der Waals surface area contributed by atoms with Crippen LogP contribution in [-0.2, 0) is 11.8 Å². The molecular formula is C20H21BrN4OS. The van der Waals surface area contributed by atoms with Crippen LogP contribution in [0, 0.1) is 6.92 Å². The maximum atomic E-state index is 12.3. The first-order valence-electron chi connectivity index (χ1n) is 8.58. The molecule has 1 atom stereocenters. The van der Waals surface area contributed by atoms with E-state index >= 15 is 0 Å². The Bertz CT molecular complexity index is 939. The second-order valence-corrected chi connectivity index (χ2v) is 8.17. The van der Waals surface area contributed by atoms with Crippen molar-refractivity contribution >= 4 is 33.6 Å². The van der Waals surface area contributed by atoms with E-state index in [2.05, 4.69) is 31.4 Å². The molecule has 0 aliphatic heterocycles. The number of benzene rings is 2. The SMILES string of the molecule is Cc1ccccc1-c1nnc(SCC(=O)N[C@H](C)c2ccc(Br)cc2)n1C. The highest BCUT2D eigenvalue weighted by Crippen LogP contribution is 2.25. The first kappa shape index (κ1) is 19.6. The Balaban J connectivity index is 1.61. The minimum Gasteiger partial charge on any atom is -0.349 e. The summed E-state index contributed by atoms with van der Waals surface area (Å²) in [5.74, 6) is 1.07. The van der Waals surface area contributed by atoms with Crippen LogP contribution in [0.25, 0.3) is 11.4 Å². The number of nitrogens with one attached hydrogen (secondary N) is 1. The summed E-state index contributed by atoms with van der Waals surface area (Å²) in [6, 6.07) is 16.0. The van der Waals surface area contributed by atoms with Gasteiger partial charge in [-0.2, -0.15) is 0 Å². The van der Waals surface area contributed by atoms with Crippen molar-refractivity contribution in [1.29, 1.82) is 0 Å². The summed E-state index contributed by atoms with van der Waals surface area (Å²) in [6.07, 6.45) is 0. The second kappa shape index (κ2) is 8.71. The molecule has 3 rings (SSSR count). The summed E-state index contributed by atoms with van der Waals surface area (Å²) in [4.78, 5) is 12.3. The molecule has 3 aromatic rings. The zero-order chi connectivity index (χ0) is 19.4. The van der Waals surface area contributed by atoms with Crippen LogP contribution in [0.3, 0.4) is 0 Å². The molecule has 0 spiro atoms. The number of nitrogens with zero attached hydrogens (tertiary/aromatic N) is 3. The molecule has 0 saturated carbocycles. The average Bonchev–Trinajstić information content (AvgIpc) is 3.01. The van der Waals surface area contributed by atoms with Crippen LogP contribution in [0.15, 0.2) is 58.2 Å². The van der Waals surface area contributed by atoms with Gasteiger partial charge in [0.15, 0.2) is 11.0 Å². The van der Waals surface area contributed by atoms with E-state index in [1.54, 1.807) is 0 Å². The van der Waals surface area contributed by atoms with Crippen molar-refractivity contribution in [2.45, 2.75) is 25.0 Å². The van der Waals surface area contributed by atoms with Gasteiger partial charge in [0.1, 0.15) is 0 Å². The molecule has 27 heavy (non-hydrogen) atoms. The number of thioether (sulfide) groups is 1. The molecule has 140 valence electrons. The van der Waals surface area contributed by atoms with Crippen LogP contribution in [0.1, 0.15) is 24.1 Å². The number of amides is 1. The molecule has 0 fully saturated rings. The van der Waals surface area contributed by atoms with Crippen molar-refractivity contribution in [2.75, 3.05) is 5.75 Å². The lowest BCUT2D eigenvalue weighted by molar-refractivity contribution is -0.119. The topological polar surface area (TPSA) is 59.8 Å². The zero-order valence-corrected chi connectivity index (χ0v) is 17.8. The van der Waals surface area contributed by atoms with Gasteiger partial charge in [-0.25, -0.2) is 0 Å². The van der Waals surface area contributed by atoms with E-state index in [-0.39, 0.29) is 11.9 Å². The highest BCUT2D eigenvalue weighted by molar-refractivity contribution is 9.10. The summed E-state index contributed by atoms with van der Waals surface area (Å²) in [5, 5.41) is 12.3. The smallest absolute Gasteiger partial charge is 0.230 e. The standard InChI is InChI=1S/C20H21BrN4OS/c1-13-6-4-5-7-17(13)19-23-24-20(25(19)3)27-12-18(26)22-14(2)15-8-10-16(21)11-9-15/h4-11,14H,12H2,1-3H3,(H,22,26)/t14-/m1/s1. The number of carbonyl (C=O) groups is 1. The molecule has 7 heteroatoms. The van der Waals surface area contributed by atoms with Gasteiger partial charge in [0.2, 0.25) is 5.91 Å². The van der Waals surface area contributed by atoms with E-state index < -0.39 is 0 Å². The first-order valence-corrected chi connectivity index (χ1v) is 10.4. The number of hydrogen-bond donors (Lipinski definition) is 1. The number of hydrogen-bond acceptors (Lipinski definition) is 4. The third kappa shape index (κ3) is 4.78. The minimum atomic E-state index is -0.0479. The maximum absolute atomic E-state index is 12.3. The Labute approximate surface area is 171 Å². The van der Waals surface area contributed by atoms with E-state index in [1.165, 1.54) is 11.8 Å². The fourth-order valence-electron chi connectivity index (χ4n) is 2.75. The molecule has 0 unspecified atom stereocenters. The van der Waals surface area contributed by atoms with E-state index in [0.29, 0.717) is 5.75 Å². The van der Waals surface area contributed by atoms with Crippen LogP contribution in [0.2, 0.25) is 0 Å². The van der Waals surface area contributed by atoms with Gasteiger partial charge in [-0.15, -0.1) is 10.2 Å². The van der Waals surface area contributed by atoms with Crippen LogP contribution in [0.4, 0.5) is 0 Å². The summed E-state index contributed by atoms with van der Waals surface area (Å²) < 4.78 is 2.95. The fraction of sp³-hybridized carbons (Fsp3) is 0.250. The monoisotopic (exact) mass is 444 g/mol. The highest BCUT2D eigenvalue weighted by Gasteiger charge is 2.15. The number of halogens is 1. The quantitative estimate of drug-likeness (QED) is 0.567. The normalized spacial score (nSPS) is 12.0. The predicted octanol–water partition coefficient (Wildman–Crippen LogP) is 4.52. The van der Waals surface area contributed by atoms with Gasteiger partial charge in [0.25, 0.3) is 0 Å². The van der Waals surface area contributed by atoms with Crippen molar-refractivity contribution in [2.24, 2.45) is 7.05 Å². The van der Waals surface area contributed by atoms with Crippen LogP contribution >= 0.6 is 27.7 Å². The molecule has 0 aliphatic rings. The highest BCUT2D eigenvalue weighted by atomic mass is 79.9. The number of carbonyl (C=O) groups excluding carboxylic acids is 1. The van der Waals surface area contributed by atoms with E-state index in [4.69, 9.17) is 0 Å². The lowest BCUT2D eigenvalue weighted by Crippen LogP contribution is -2.28. The van der Waals surface area contributed by atoms with Crippen molar-refractivity contribution < 1.29 is 4.79 Å². The van der Waals surface area contributed by atoms with Gasteiger partial charge in [-0.3, -0.25) is 4.79 Å². The molecule has 5 nitrogen and oxygen atoms in total. The molecule has 0 saturated heterocycles. The Morgan fingerprint density at radius 1 is 1.19 bits per heavy atom. The van der Waals surface area contributed by atoms with Crippen LogP contribution in [-0.4, -0.2) is 26.4 Å². The maximum Gasteiger partial charge on any atom is 0.230 e. The predicted molar refractivity (Wildman–Crippen MR) is 113 cm³/mol. The Morgan fingerprint density at radius 2 is 1.89 bits per heavy atom. The molecule has 1 amide bonds. The number of aryl methyl sites for hydroxylation is 1. The van der Waals surface area contributed by atoms with Crippen LogP contribution < -0.4 is 5.32 Å². The molecule has 0 bridgehead atoms. The largest absolute Gasteiger partial charge is 0.349 e. The fourth-order valence-corrected chi connectivity index (χ4v) is 3.73. The molecule has 0 aliphatic carbocycles. The van der Waals surface area contributed by atoms with Crippen LogP contribution in [0.5, 0.6) is 0 Å². The first-order chi connectivity index (χ1) is 13.0. The molecule has 0 radical (unpaired) electrons. The Kier molecular flexibility index (Phi) is 6.34. The van der Waals surface area contributed by atoms with Crippen molar-refractivity contribution in [3.8, 4) is 11.4 Å². The molecule has 2 aromatic carbocycles. The Morgan fingerprint density at radius 3 is 2.59 bits per heavy atom. The molecule has 1 aromatic heterocycles. The molecular weight excluding hydrogens is 424 g/mol. The number of aromatic nitrogens is 3. The summed E-state index contributed by atoms with van der Waals surface area (Å²) in [7, 11) is 1.92. The van der Waals surface area contributed by atoms with Gasteiger partial charge >= 0.3 is 0 Å². The Hall–Kier alpha value is -2.12. The van der Waals surface area contributed by atoms with E-state index in [1.807, 2.05) is 74.0 Å². The summed E-state index contributed by atoms with van der Waals surface area (Å²) in [5.41, 5.74) is 3.26. The lowest BCUT2D eigenvalue weighted by Gasteiger charge is -2.14. The van der Waals surface area contributed by atoms with Gasteiger partial charge in [0, 0.05) is 17.1 Å². The third-order valence-electron chi connectivity index (χ3n) is 4.30. The molecule has 1 N–H and O–H groups in total. The second-order valence-electron chi connectivity index (χ2n) is 6.31. The van der Waals surface area contributed by atoms with Crippen molar-refractivity contribution in [3.63, 3.8) is 0 Å². The zero-order valence-electron chi connectivity index (χ0n) is 15.4. The minimum absolute atomic E-state index is 0.0316. The lowest BCUT2D eigenvalue weighted by atomic mass is 10.1. The molecule has 1 heterocycles. The van der Waals surface area contributed by atoms with Gasteiger partial charge in [-0.05, 0) is 37.1 Å². The van der Waals surface area contributed by atoms with Crippen molar-refractivity contribution in [1.82, 2.24) is 20.1 Å². The van der Waals surface area contributed by atoms with E-state index in [9.17, 15) is 4.79 Å². The van der Waals surface area contributed by atoms with Gasteiger partial charge in [0.05, 0.1) is 11.8 Å². The van der Waals surface area contributed by atoms with Crippen molar-refractivity contribution in [3.05, 3.63) is 64.1 Å². The number of rotatable bonds is 6. The van der Waals surface area contributed by atoms with E-state index in [0.717, 1.165) is 32.1 Å². The van der Waals surface area contributed by atoms with Gasteiger partial charge < -0.3 is 9.88 Å². The average molecular weight is 445 g/mol. The third-order valence-corrected chi connectivity index (χ3v) is 5.85. The van der Waals surface area contributed by atoms with Gasteiger partial charge in [-0.1, -0.05) is 64.1 Å². The summed E-state index contributed by atoms with van der Waals surface area (Å²) in [6.45, 7) is 4.03. The summed E-state index contributed by atoms with van der Waals surface area (Å²) >= 11 is 4.81.